The summed E-state index contributed by atoms with van der Waals surface area (Å²) in [4.78, 5) is 35.7. The van der Waals surface area contributed by atoms with Crippen LogP contribution in [0.25, 0.3) is 10.8 Å². The van der Waals surface area contributed by atoms with E-state index >= 15 is 0 Å². The molecule has 3 rings (SSSR count). The van der Waals surface area contributed by atoms with Gasteiger partial charge in [-0.1, -0.05) is 54.6 Å². The van der Waals surface area contributed by atoms with Crippen molar-refractivity contribution in [2.45, 2.75) is 13.0 Å². The van der Waals surface area contributed by atoms with Crippen molar-refractivity contribution >= 4 is 28.6 Å². The summed E-state index contributed by atoms with van der Waals surface area (Å²) in [6.45, 7) is -0.591. The maximum Gasteiger partial charge on any atom is 0.325 e. The van der Waals surface area contributed by atoms with Gasteiger partial charge in [0.15, 0.2) is 6.61 Å². The Morgan fingerprint density at radius 3 is 2.37 bits per heavy atom. The molecule has 7 heteroatoms. The number of hydrogen-bond donors (Lipinski definition) is 2. The summed E-state index contributed by atoms with van der Waals surface area (Å²) in [6, 6.07) is 19.1. The summed E-state index contributed by atoms with van der Waals surface area (Å²) in [6.07, 6.45) is 0.132. The lowest BCUT2D eigenvalue weighted by Crippen LogP contribution is -2.34. The largest absolute Gasteiger partial charge is 0.454 e. The van der Waals surface area contributed by atoms with Crippen LogP contribution >= 0.6 is 0 Å². The van der Waals surface area contributed by atoms with Gasteiger partial charge in [-0.15, -0.1) is 0 Å². The first-order valence-corrected chi connectivity index (χ1v) is 9.41. The van der Waals surface area contributed by atoms with Gasteiger partial charge in [0, 0.05) is 6.54 Å². The number of fused-ring (bicyclic) bond motifs is 1. The molecule has 0 saturated heterocycles. The standard InChI is InChI=1S/C23H21FN2O4/c24-19-10-8-16(9-11-19)13-25-22(28)15-30-23(29)14-26-21(27)12-18-6-3-5-17-4-1-2-7-20(17)18/h1-11H,12-15H2,(H,25,28)(H,26,27). The molecule has 0 bridgehead atoms. The Bertz CT molecular complexity index is 1050. The van der Waals surface area contributed by atoms with Crippen molar-refractivity contribution in [2.24, 2.45) is 0 Å². The SMILES string of the molecule is O=C(COC(=O)CNC(=O)Cc1cccc2ccccc12)NCc1ccc(F)cc1. The second kappa shape index (κ2) is 10.2. The van der Waals surface area contributed by atoms with Crippen molar-refractivity contribution in [2.75, 3.05) is 13.2 Å². The molecule has 0 aliphatic rings. The zero-order chi connectivity index (χ0) is 21.3. The summed E-state index contributed by atoms with van der Waals surface area (Å²) < 4.78 is 17.7. The Labute approximate surface area is 173 Å². The van der Waals surface area contributed by atoms with Gasteiger partial charge >= 0.3 is 5.97 Å². The predicted molar refractivity (Wildman–Crippen MR) is 110 cm³/mol. The smallest absolute Gasteiger partial charge is 0.325 e. The minimum atomic E-state index is -0.710. The predicted octanol–water partition coefficient (Wildman–Crippen LogP) is 2.50. The zero-order valence-corrected chi connectivity index (χ0v) is 16.2. The first-order chi connectivity index (χ1) is 14.5. The molecule has 2 N–H and O–H groups in total. The lowest BCUT2D eigenvalue weighted by atomic mass is 10.0. The summed E-state index contributed by atoms with van der Waals surface area (Å²) in [5.41, 5.74) is 1.58. The number of carbonyl (C=O) groups is 3. The summed E-state index contributed by atoms with van der Waals surface area (Å²) in [5, 5.41) is 7.08. The fourth-order valence-electron chi connectivity index (χ4n) is 2.90. The summed E-state index contributed by atoms with van der Waals surface area (Å²) in [5.74, 6) is -1.88. The van der Waals surface area contributed by atoms with Gasteiger partial charge in [-0.2, -0.15) is 0 Å². The maximum absolute atomic E-state index is 12.8. The van der Waals surface area contributed by atoms with Gasteiger partial charge in [0.25, 0.3) is 5.91 Å². The Balaban J connectivity index is 1.38. The number of carbonyl (C=O) groups excluding carboxylic acids is 3. The highest BCUT2D eigenvalue weighted by molar-refractivity contribution is 5.91. The lowest BCUT2D eigenvalue weighted by molar-refractivity contribution is -0.148. The van der Waals surface area contributed by atoms with E-state index in [1.54, 1.807) is 12.1 Å². The minimum absolute atomic E-state index is 0.132. The van der Waals surface area contributed by atoms with E-state index in [4.69, 9.17) is 4.74 Å². The molecule has 0 fully saturated rings. The molecular weight excluding hydrogens is 387 g/mol. The normalized spacial score (nSPS) is 10.4. The molecular formula is C23H21FN2O4. The number of esters is 1. The van der Waals surface area contributed by atoms with E-state index in [1.807, 2.05) is 42.5 Å². The fraction of sp³-hybridized carbons (Fsp3) is 0.174. The second-order valence-corrected chi connectivity index (χ2v) is 6.66. The molecule has 30 heavy (non-hydrogen) atoms. The number of benzene rings is 3. The van der Waals surface area contributed by atoms with E-state index in [2.05, 4.69) is 10.6 Å². The van der Waals surface area contributed by atoms with Gasteiger partial charge in [0.05, 0.1) is 6.42 Å². The Hall–Kier alpha value is -3.74. The maximum atomic E-state index is 12.8. The zero-order valence-electron chi connectivity index (χ0n) is 16.2. The van der Waals surface area contributed by atoms with Crippen LogP contribution < -0.4 is 10.6 Å². The highest BCUT2D eigenvalue weighted by Gasteiger charge is 2.11. The summed E-state index contributed by atoms with van der Waals surface area (Å²) >= 11 is 0. The summed E-state index contributed by atoms with van der Waals surface area (Å²) in [7, 11) is 0. The average Bonchev–Trinajstić information content (AvgIpc) is 2.76. The van der Waals surface area contributed by atoms with Crippen LogP contribution in [0, 0.1) is 5.82 Å². The lowest BCUT2D eigenvalue weighted by Gasteiger charge is -2.09. The Morgan fingerprint density at radius 2 is 1.57 bits per heavy atom. The van der Waals surface area contributed by atoms with E-state index in [0.29, 0.717) is 0 Å². The molecule has 0 aliphatic carbocycles. The van der Waals surface area contributed by atoms with Crippen molar-refractivity contribution in [1.29, 1.82) is 0 Å². The number of amides is 2. The highest BCUT2D eigenvalue weighted by atomic mass is 19.1. The molecule has 3 aromatic rings. The van der Waals surface area contributed by atoms with Crippen molar-refractivity contribution in [1.82, 2.24) is 10.6 Å². The van der Waals surface area contributed by atoms with Crippen LogP contribution in [-0.2, 0) is 32.1 Å². The van der Waals surface area contributed by atoms with Crippen molar-refractivity contribution < 1.29 is 23.5 Å². The molecule has 154 valence electrons. The number of ether oxygens (including phenoxy) is 1. The monoisotopic (exact) mass is 408 g/mol. The topological polar surface area (TPSA) is 84.5 Å². The molecule has 0 atom stereocenters. The van der Waals surface area contributed by atoms with Gasteiger partial charge in [0.1, 0.15) is 12.4 Å². The molecule has 0 radical (unpaired) electrons. The molecule has 0 unspecified atom stereocenters. The third-order valence-corrected chi connectivity index (χ3v) is 4.43. The quantitative estimate of drug-likeness (QED) is 0.561. The molecule has 0 spiro atoms. The molecule has 0 saturated carbocycles. The third kappa shape index (κ3) is 6.13. The van der Waals surface area contributed by atoms with E-state index in [9.17, 15) is 18.8 Å². The van der Waals surface area contributed by atoms with Gasteiger partial charge in [-0.3, -0.25) is 14.4 Å². The highest BCUT2D eigenvalue weighted by Crippen LogP contribution is 2.18. The Morgan fingerprint density at radius 1 is 0.833 bits per heavy atom. The second-order valence-electron chi connectivity index (χ2n) is 6.66. The van der Waals surface area contributed by atoms with Gasteiger partial charge < -0.3 is 15.4 Å². The van der Waals surface area contributed by atoms with Gasteiger partial charge in [0.2, 0.25) is 5.91 Å². The molecule has 6 nitrogen and oxygen atoms in total. The van der Waals surface area contributed by atoms with Crippen LogP contribution in [0.2, 0.25) is 0 Å². The number of halogens is 1. The first kappa shape index (κ1) is 21.0. The van der Waals surface area contributed by atoms with Crippen molar-refractivity contribution in [3.8, 4) is 0 Å². The van der Waals surface area contributed by atoms with Crippen molar-refractivity contribution in [3.63, 3.8) is 0 Å². The van der Waals surface area contributed by atoms with Crippen molar-refractivity contribution in [3.05, 3.63) is 83.7 Å². The van der Waals surface area contributed by atoms with Crippen LogP contribution in [0.5, 0.6) is 0 Å². The van der Waals surface area contributed by atoms with E-state index < -0.39 is 18.5 Å². The van der Waals surface area contributed by atoms with E-state index in [0.717, 1.165) is 21.9 Å². The van der Waals surface area contributed by atoms with Gasteiger partial charge in [-0.05, 0) is 34.0 Å². The molecule has 2 amide bonds. The first-order valence-electron chi connectivity index (χ1n) is 9.41. The van der Waals surface area contributed by atoms with Crippen LogP contribution in [0.1, 0.15) is 11.1 Å². The fourth-order valence-corrected chi connectivity index (χ4v) is 2.90. The number of hydrogen-bond acceptors (Lipinski definition) is 4. The van der Waals surface area contributed by atoms with Crippen LogP contribution in [0.4, 0.5) is 4.39 Å². The van der Waals surface area contributed by atoms with E-state index in [1.165, 1.54) is 12.1 Å². The minimum Gasteiger partial charge on any atom is -0.454 e. The third-order valence-electron chi connectivity index (χ3n) is 4.43. The van der Waals surface area contributed by atoms with E-state index in [-0.39, 0.29) is 31.2 Å². The molecule has 0 heterocycles. The van der Waals surface area contributed by atoms with Gasteiger partial charge in [-0.25, -0.2) is 4.39 Å². The molecule has 3 aromatic carbocycles. The van der Waals surface area contributed by atoms with Crippen LogP contribution in [0.15, 0.2) is 66.7 Å². The van der Waals surface area contributed by atoms with Crippen LogP contribution in [0.3, 0.4) is 0 Å². The number of rotatable bonds is 8. The molecule has 0 aromatic heterocycles. The van der Waals surface area contributed by atoms with Crippen LogP contribution in [-0.4, -0.2) is 30.9 Å². The molecule has 0 aliphatic heterocycles. The number of nitrogens with one attached hydrogen (secondary N) is 2. The average molecular weight is 408 g/mol. The Kier molecular flexibility index (Phi) is 7.10.